The number of hydrogen-bond acceptors (Lipinski definition) is 2. The van der Waals surface area contributed by atoms with Crippen molar-refractivity contribution in [3.63, 3.8) is 0 Å². The van der Waals surface area contributed by atoms with E-state index in [-0.39, 0.29) is 5.71 Å². The second kappa shape index (κ2) is 7.54. The number of hydrogen-bond donors (Lipinski definition) is 0. The molecule has 0 heterocycles. The van der Waals surface area contributed by atoms with E-state index in [1.807, 2.05) is 0 Å². The van der Waals surface area contributed by atoms with Gasteiger partial charge in [-0.2, -0.15) is 0 Å². The molecule has 3 heteroatoms. The first kappa shape index (κ1) is 11.9. The second-order valence-electron chi connectivity index (χ2n) is 2.64. The van der Waals surface area contributed by atoms with Crippen LogP contribution >= 0.6 is 7.92 Å². The summed E-state index contributed by atoms with van der Waals surface area (Å²) in [5.41, 5.74) is 0.0449. The van der Waals surface area contributed by atoms with Gasteiger partial charge in [-0.25, -0.2) is 4.79 Å². The molecule has 0 fully saturated rings. The molecule has 0 rings (SSSR count). The first-order valence-electron chi connectivity index (χ1n) is 4.67. The van der Waals surface area contributed by atoms with Gasteiger partial charge in [-0.1, -0.05) is 27.2 Å². The van der Waals surface area contributed by atoms with Crippen molar-refractivity contribution in [2.24, 2.45) is 0 Å². The smallest absolute Gasteiger partial charge is 0.326 e. The Morgan fingerprint density at radius 3 is 2.25 bits per heavy atom. The van der Waals surface area contributed by atoms with E-state index in [9.17, 15) is 4.79 Å². The van der Waals surface area contributed by atoms with Gasteiger partial charge in [0.15, 0.2) is 0 Å². The van der Waals surface area contributed by atoms with Gasteiger partial charge in [0, 0.05) is 7.92 Å². The lowest BCUT2D eigenvalue weighted by atomic mass is 10.4. The lowest BCUT2D eigenvalue weighted by Crippen LogP contribution is -2.04. The van der Waals surface area contributed by atoms with Gasteiger partial charge in [-0.15, -0.1) is 0 Å². The van der Waals surface area contributed by atoms with Gasteiger partial charge in [0.05, 0.1) is 6.61 Å². The van der Waals surface area contributed by atoms with Crippen LogP contribution in [0, 0.1) is 0 Å². The first-order valence-corrected chi connectivity index (χ1v) is 6.39. The summed E-state index contributed by atoms with van der Waals surface area (Å²) >= 11 is 0. The van der Waals surface area contributed by atoms with Gasteiger partial charge in [-0.05, 0) is 18.7 Å². The van der Waals surface area contributed by atoms with Crippen molar-refractivity contribution >= 4 is 13.6 Å². The molecule has 0 aliphatic heterocycles. The molecule has 0 amide bonds. The van der Waals surface area contributed by atoms with Crippen molar-refractivity contribution in [2.45, 2.75) is 33.6 Å². The van der Waals surface area contributed by atoms with E-state index < -0.39 is 7.92 Å². The standard InChI is InChI=1S/C9H19O2P/c1-4-7-8-11-9(10)12(5-2)6-3/h4-8H2,1-3H3. The number of unbranched alkanes of at least 4 members (excludes halogenated alkanes) is 1. The molecule has 0 atom stereocenters. The Labute approximate surface area is 76.4 Å². The summed E-state index contributed by atoms with van der Waals surface area (Å²) in [6, 6.07) is 0. The minimum atomic E-state index is -0.495. The van der Waals surface area contributed by atoms with Crippen molar-refractivity contribution < 1.29 is 9.53 Å². The summed E-state index contributed by atoms with van der Waals surface area (Å²) in [5.74, 6) is 0. The topological polar surface area (TPSA) is 26.3 Å². The molecule has 0 aliphatic carbocycles. The van der Waals surface area contributed by atoms with Gasteiger partial charge in [-0.3, -0.25) is 0 Å². The van der Waals surface area contributed by atoms with Gasteiger partial charge >= 0.3 is 5.71 Å². The quantitative estimate of drug-likeness (QED) is 0.473. The second-order valence-corrected chi connectivity index (χ2v) is 5.35. The average molecular weight is 190 g/mol. The van der Waals surface area contributed by atoms with Crippen LogP contribution in [-0.2, 0) is 4.74 Å². The highest BCUT2D eigenvalue weighted by Gasteiger charge is 2.13. The number of ether oxygens (including phenoxy) is 1. The van der Waals surface area contributed by atoms with Crippen LogP contribution in [0.2, 0.25) is 0 Å². The largest absolute Gasteiger partial charge is 0.463 e. The Kier molecular flexibility index (Phi) is 7.48. The molecule has 0 spiro atoms. The predicted octanol–water partition coefficient (Wildman–Crippen LogP) is 3.44. The molecule has 0 saturated heterocycles. The maximum absolute atomic E-state index is 11.3. The molecule has 0 aromatic heterocycles. The van der Waals surface area contributed by atoms with Crippen LogP contribution in [0.3, 0.4) is 0 Å². The summed E-state index contributed by atoms with van der Waals surface area (Å²) in [7, 11) is -0.495. The molecule has 0 aromatic carbocycles. The Bertz CT molecular complexity index is 122. The Morgan fingerprint density at radius 2 is 1.83 bits per heavy atom. The van der Waals surface area contributed by atoms with Crippen LogP contribution in [0.4, 0.5) is 4.79 Å². The molecule has 0 unspecified atom stereocenters. The molecule has 72 valence electrons. The Balaban J connectivity index is 3.54. The number of carbonyl (C=O) groups is 1. The fraction of sp³-hybridized carbons (Fsp3) is 0.889. The summed E-state index contributed by atoms with van der Waals surface area (Å²) in [4.78, 5) is 11.3. The van der Waals surface area contributed by atoms with Gasteiger partial charge in [0.25, 0.3) is 0 Å². The van der Waals surface area contributed by atoms with Crippen LogP contribution in [0.1, 0.15) is 33.6 Å². The van der Waals surface area contributed by atoms with Crippen molar-refractivity contribution in [1.29, 1.82) is 0 Å². The Morgan fingerprint density at radius 1 is 1.25 bits per heavy atom. The van der Waals surface area contributed by atoms with E-state index in [2.05, 4.69) is 20.8 Å². The fourth-order valence-corrected chi connectivity index (χ4v) is 2.11. The average Bonchev–Trinajstić information content (AvgIpc) is 2.07. The van der Waals surface area contributed by atoms with Crippen molar-refractivity contribution in [3.05, 3.63) is 0 Å². The number of carbonyl (C=O) groups excluding carboxylic acids is 1. The lowest BCUT2D eigenvalue weighted by Gasteiger charge is -2.11. The first-order chi connectivity index (χ1) is 5.76. The van der Waals surface area contributed by atoms with Gasteiger partial charge in [0.2, 0.25) is 0 Å². The summed E-state index contributed by atoms with van der Waals surface area (Å²) in [6.45, 7) is 6.80. The van der Waals surface area contributed by atoms with Gasteiger partial charge in [0.1, 0.15) is 0 Å². The molecule has 0 saturated carbocycles. The monoisotopic (exact) mass is 190 g/mol. The summed E-state index contributed by atoms with van der Waals surface area (Å²) in [5, 5.41) is 0. The van der Waals surface area contributed by atoms with Crippen LogP contribution in [-0.4, -0.2) is 24.6 Å². The van der Waals surface area contributed by atoms with Crippen molar-refractivity contribution in [3.8, 4) is 0 Å². The maximum Gasteiger partial charge on any atom is 0.326 e. The zero-order valence-electron chi connectivity index (χ0n) is 8.30. The lowest BCUT2D eigenvalue weighted by molar-refractivity contribution is 0.172. The molecule has 0 N–H and O–H groups in total. The van der Waals surface area contributed by atoms with Crippen LogP contribution in [0.5, 0.6) is 0 Å². The molecule has 2 nitrogen and oxygen atoms in total. The highest BCUT2D eigenvalue weighted by Crippen LogP contribution is 2.36. The summed E-state index contributed by atoms with van der Waals surface area (Å²) < 4.78 is 5.12. The van der Waals surface area contributed by atoms with Crippen LogP contribution in [0.25, 0.3) is 0 Å². The Hall–Kier alpha value is -0.100. The molecule has 0 aromatic rings. The van der Waals surface area contributed by atoms with E-state index in [4.69, 9.17) is 4.74 Å². The predicted molar refractivity (Wildman–Crippen MR) is 54.3 cm³/mol. The third-order valence-corrected chi connectivity index (χ3v) is 3.92. The van der Waals surface area contributed by atoms with Crippen molar-refractivity contribution in [1.82, 2.24) is 0 Å². The maximum atomic E-state index is 11.3. The molecular weight excluding hydrogens is 171 g/mol. The van der Waals surface area contributed by atoms with E-state index >= 15 is 0 Å². The zero-order valence-corrected chi connectivity index (χ0v) is 9.19. The van der Waals surface area contributed by atoms with Crippen molar-refractivity contribution in [2.75, 3.05) is 18.9 Å². The summed E-state index contributed by atoms with van der Waals surface area (Å²) in [6.07, 6.45) is 3.99. The van der Waals surface area contributed by atoms with E-state index in [0.717, 1.165) is 25.2 Å². The van der Waals surface area contributed by atoms with E-state index in [1.54, 1.807) is 0 Å². The van der Waals surface area contributed by atoms with Crippen LogP contribution < -0.4 is 0 Å². The molecular formula is C9H19O2P. The molecule has 0 bridgehead atoms. The fourth-order valence-electron chi connectivity index (χ4n) is 0.877. The van der Waals surface area contributed by atoms with E-state index in [1.165, 1.54) is 0 Å². The minimum Gasteiger partial charge on any atom is -0.463 e. The highest BCUT2D eigenvalue weighted by atomic mass is 31.1. The number of rotatable bonds is 6. The molecule has 12 heavy (non-hydrogen) atoms. The SMILES string of the molecule is CCCCOC(=O)P(CC)CC. The third kappa shape index (κ3) is 4.71. The minimum absolute atomic E-state index is 0.0449. The highest BCUT2D eigenvalue weighted by molar-refractivity contribution is 7.74. The zero-order chi connectivity index (χ0) is 9.40. The molecule has 0 radical (unpaired) electrons. The normalized spacial score (nSPS) is 10.3. The van der Waals surface area contributed by atoms with E-state index in [0.29, 0.717) is 6.61 Å². The molecule has 0 aliphatic rings. The van der Waals surface area contributed by atoms with Crippen LogP contribution in [0.15, 0.2) is 0 Å². The third-order valence-electron chi connectivity index (χ3n) is 1.75. The van der Waals surface area contributed by atoms with Gasteiger partial charge < -0.3 is 4.74 Å².